The zero-order chi connectivity index (χ0) is 19.8. The molecule has 0 aliphatic rings. The Morgan fingerprint density at radius 3 is 1.96 bits per heavy atom. The average Bonchev–Trinajstić information content (AvgIpc) is 2.74. The van der Waals surface area contributed by atoms with Gasteiger partial charge in [-0.2, -0.15) is 0 Å². The van der Waals surface area contributed by atoms with Crippen LogP contribution in [0.2, 0.25) is 0 Å². The summed E-state index contributed by atoms with van der Waals surface area (Å²) in [5.74, 6) is 1.34. The van der Waals surface area contributed by atoms with Crippen molar-refractivity contribution >= 4 is 0 Å². The molecule has 0 N–H and O–H groups in total. The first-order chi connectivity index (χ1) is 13.7. The monoisotopic (exact) mass is 376 g/mol. The summed E-state index contributed by atoms with van der Waals surface area (Å²) >= 11 is 0. The number of nitrogens with zero attached hydrogens (tertiary/aromatic N) is 2. The topological polar surface area (TPSA) is 44.2 Å². The fourth-order valence-electron chi connectivity index (χ4n) is 3.05. The fourth-order valence-corrected chi connectivity index (χ4v) is 3.05. The number of hydrogen-bond donors (Lipinski definition) is 0. The largest absolute Gasteiger partial charge is 0.488 e. The van der Waals surface area contributed by atoms with Gasteiger partial charge in [0.2, 0.25) is 0 Å². The maximum Gasteiger partial charge on any atom is 0.159 e. The van der Waals surface area contributed by atoms with Crippen LogP contribution in [0.3, 0.4) is 0 Å². The molecule has 2 aromatic carbocycles. The lowest BCUT2D eigenvalue weighted by atomic mass is 10.0. The molecule has 3 aromatic rings. The molecule has 0 saturated heterocycles. The van der Waals surface area contributed by atoms with Gasteiger partial charge in [0, 0.05) is 12.2 Å². The molecular weight excluding hydrogens is 348 g/mol. The van der Waals surface area contributed by atoms with Gasteiger partial charge in [-0.25, -0.2) is 9.97 Å². The van der Waals surface area contributed by atoms with E-state index in [4.69, 9.17) is 9.47 Å². The summed E-state index contributed by atoms with van der Waals surface area (Å²) < 4.78 is 11.1. The van der Waals surface area contributed by atoms with Gasteiger partial charge in [0.15, 0.2) is 11.6 Å². The highest BCUT2D eigenvalue weighted by Gasteiger charge is 2.06. The smallest absolute Gasteiger partial charge is 0.159 e. The van der Waals surface area contributed by atoms with Crippen LogP contribution in [0.15, 0.2) is 60.9 Å². The number of benzene rings is 2. The highest BCUT2D eigenvalue weighted by Crippen LogP contribution is 2.24. The van der Waals surface area contributed by atoms with E-state index in [0.717, 1.165) is 12.0 Å². The molecule has 1 heterocycles. The van der Waals surface area contributed by atoms with Crippen LogP contribution < -0.4 is 4.74 Å². The van der Waals surface area contributed by atoms with E-state index in [9.17, 15) is 0 Å². The normalized spacial score (nSPS) is 12.0. The highest BCUT2D eigenvalue weighted by atomic mass is 16.5. The van der Waals surface area contributed by atoms with Crippen LogP contribution in [0.25, 0.3) is 22.5 Å². The summed E-state index contributed by atoms with van der Waals surface area (Å²) in [6.07, 6.45) is 5.76. The lowest BCUT2D eigenvalue weighted by Gasteiger charge is -2.12. The molecular formula is C24H28N2O2. The van der Waals surface area contributed by atoms with E-state index < -0.39 is 0 Å². The maximum absolute atomic E-state index is 5.67. The Balaban J connectivity index is 1.64. The maximum atomic E-state index is 5.67. The van der Waals surface area contributed by atoms with Gasteiger partial charge >= 0.3 is 0 Å². The molecule has 28 heavy (non-hydrogen) atoms. The van der Waals surface area contributed by atoms with Crippen molar-refractivity contribution in [3.63, 3.8) is 0 Å². The van der Waals surface area contributed by atoms with Crippen LogP contribution in [0.1, 0.15) is 32.8 Å². The first-order valence-electron chi connectivity index (χ1n) is 9.95. The Hall–Kier alpha value is -2.72. The SMILES string of the molecule is CCCc1ccc(-c2ccc(-c3ncc(OC[C@H](C)OCC)cn3)cc2)cc1. The van der Waals surface area contributed by atoms with E-state index in [0.29, 0.717) is 24.8 Å². The summed E-state index contributed by atoms with van der Waals surface area (Å²) in [5, 5.41) is 0. The molecule has 146 valence electrons. The third-order valence-electron chi connectivity index (χ3n) is 4.53. The van der Waals surface area contributed by atoms with E-state index in [1.165, 1.54) is 23.1 Å². The number of aryl methyl sites for hydroxylation is 1. The van der Waals surface area contributed by atoms with Crippen molar-refractivity contribution < 1.29 is 9.47 Å². The average molecular weight is 377 g/mol. The van der Waals surface area contributed by atoms with Crippen molar-refractivity contribution in [1.82, 2.24) is 9.97 Å². The first kappa shape index (κ1) is 20.0. The predicted molar refractivity (Wildman–Crippen MR) is 113 cm³/mol. The van der Waals surface area contributed by atoms with Crippen molar-refractivity contribution in [1.29, 1.82) is 0 Å². The Bertz CT molecular complexity index is 843. The van der Waals surface area contributed by atoms with E-state index >= 15 is 0 Å². The van der Waals surface area contributed by atoms with E-state index in [1.54, 1.807) is 12.4 Å². The summed E-state index contributed by atoms with van der Waals surface area (Å²) in [7, 11) is 0. The van der Waals surface area contributed by atoms with Gasteiger partial charge in [0.1, 0.15) is 6.61 Å². The number of rotatable bonds is 9. The Labute approximate surface area is 167 Å². The van der Waals surface area contributed by atoms with Gasteiger partial charge in [0.05, 0.1) is 18.5 Å². The molecule has 0 spiro atoms. The van der Waals surface area contributed by atoms with Crippen LogP contribution in [0, 0.1) is 0 Å². The third-order valence-corrected chi connectivity index (χ3v) is 4.53. The van der Waals surface area contributed by atoms with Gasteiger partial charge in [-0.15, -0.1) is 0 Å². The molecule has 4 nitrogen and oxygen atoms in total. The lowest BCUT2D eigenvalue weighted by Crippen LogP contribution is -2.18. The van der Waals surface area contributed by atoms with Crippen molar-refractivity contribution in [2.24, 2.45) is 0 Å². The van der Waals surface area contributed by atoms with Gasteiger partial charge in [0.25, 0.3) is 0 Å². The Morgan fingerprint density at radius 1 is 0.821 bits per heavy atom. The van der Waals surface area contributed by atoms with Gasteiger partial charge < -0.3 is 9.47 Å². The summed E-state index contributed by atoms with van der Waals surface area (Å²) in [6, 6.07) is 17.1. The summed E-state index contributed by atoms with van der Waals surface area (Å²) in [5.41, 5.74) is 4.78. The molecule has 0 aliphatic carbocycles. The molecule has 0 amide bonds. The van der Waals surface area contributed by atoms with E-state index in [2.05, 4.69) is 65.4 Å². The molecule has 0 fully saturated rings. The van der Waals surface area contributed by atoms with Crippen LogP contribution in [0.4, 0.5) is 0 Å². The molecule has 1 aromatic heterocycles. The molecule has 0 bridgehead atoms. The Morgan fingerprint density at radius 2 is 1.39 bits per heavy atom. The van der Waals surface area contributed by atoms with Crippen molar-refractivity contribution in [2.45, 2.75) is 39.7 Å². The van der Waals surface area contributed by atoms with Crippen LogP contribution in [-0.2, 0) is 11.2 Å². The van der Waals surface area contributed by atoms with Crippen molar-refractivity contribution in [2.75, 3.05) is 13.2 Å². The molecule has 3 rings (SSSR count). The minimum atomic E-state index is 0.0493. The molecule has 0 radical (unpaired) electrons. The van der Waals surface area contributed by atoms with Crippen LogP contribution in [0.5, 0.6) is 5.75 Å². The molecule has 1 atom stereocenters. The second kappa shape index (κ2) is 10.00. The van der Waals surface area contributed by atoms with Crippen molar-refractivity contribution in [3.8, 4) is 28.3 Å². The third kappa shape index (κ3) is 5.40. The minimum Gasteiger partial charge on any atom is -0.488 e. The molecule has 4 heteroatoms. The van der Waals surface area contributed by atoms with E-state index in [-0.39, 0.29) is 6.10 Å². The van der Waals surface area contributed by atoms with Crippen molar-refractivity contribution in [3.05, 3.63) is 66.5 Å². The lowest BCUT2D eigenvalue weighted by molar-refractivity contribution is 0.0400. The molecule has 0 saturated carbocycles. The quantitative estimate of drug-likeness (QED) is 0.490. The fraction of sp³-hybridized carbons (Fsp3) is 0.333. The Kier molecular flexibility index (Phi) is 7.15. The second-order valence-corrected chi connectivity index (χ2v) is 6.84. The number of aromatic nitrogens is 2. The van der Waals surface area contributed by atoms with Gasteiger partial charge in [-0.3, -0.25) is 0 Å². The zero-order valence-electron chi connectivity index (χ0n) is 16.9. The number of ether oxygens (including phenoxy) is 2. The summed E-state index contributed by atoms with van der Waals surface area (Å²) in [6.45, 7) is 7.33. The minimum absolute atomic E-state index is 0.0493. The highest BCUT2D eigenvalue weighted by molar-refractivity contribution is 5.67. The molecule has 0 unspecified atom stereocenters. The van der Waals surface area contributed by atoms with E-state index in [1.807, 2.05) is 13.8 Å². The van der Waals surface area contributed by atoms with Crippen LogP contribution in [-0.4, -0.2) is 29.3 Å². The zero-order valence-corrected chi connectivity index (χ0v) is 16.9. The second-order valence-electron chi connectivity index (χ2n) is 6.84. The molecule has 0 aliphatic heterocycles. The number of hydrogen-bond acceptors (Lipinski definition) is 4. The predicted octanol–water partition coefficient (Wildman–Crippen LogP) is 5.57. The van der Waals surface area contributed by atoms with Gasteiger partial charge in [-0.1, -0.05) is 61.9 Å². The summed E-state index contributed by atoms with van der Waals surface area (Å²) in [4.78, 5) is 8.86. The first-order valence-corrected chi connectivity index (χ1v) is 9.95. The van der Waals surface area contributed by atoms with Gasteiger partial charge in [-0.05, 0) is 37.0 Å². The standard InChI is InChI=1S/C24H28N2O2/c1-4-6-19-7-9-20(10-8-19)21-11-13-22(14-12-21)24-25-15-23(16-26-24)28-17-18(3)27-5-2/h7-16,18H,4-6,17H2,1-3H3/t18-/m0/s1. The van der Waals surface area contributed by atoms with Crippen LogP contribution >= 0.6 is 0 Å².